The number of hydrogen-bond donors (Lipinski definition) is 0. The quantitative estimate of drug-likeness (QED) is 0.125. The molecule has 1 heterocycles. The van der Waals surface area contributed by atoms with E-state index >= 15 is 0 Å². The zero-order valence-corrected chi connectivity index (χ0v) is 25.1. The van der Waals surface area contributed by atoms with Gasteiger partial charge in [-0.25, -0.2) is 14.4 Å². The maximum absolute atomic E-state index is 14.1. The highest BCUT2D eigenvalue weighted by atomic mass is 19.1. The summed E-state index contributed by atoms with van der Waals surface area (Å²) < 4.78 is 19.7. The summed E-state index contributed by atoms with van der Waals surface area (Å²) in [6, 6.07) is 16.4. The molecule has 0 spiro atoms. The largest absolute Gasteiger partial charge is 0.491 e. The van der Waals surface area contributed by atoms with Crippen molar-refractivity contribution in [2.24, 2.45) is 0 Å². The van der Waals surface area contributed by atoms with Crippen molar-refractivity contribution >= 4 is 0 Å². The molecule has 0 aliphatic rings. The van der Waals surface area contributed by atoms with Crippen molar-refractivity contribution in [1.29, 1.82) is 0 Å². The van der Waals surface area contributed by atoms with E-state index in [1.165, 1.54) is 82.6 Å². The smallest absolute Gasteiger partial charge is 0.159 e. The van der Waals surface area contributed by atoms with Crippen LogP contribution in [0.5, 0.6) is 5.75 Å². The van der Waals surface area contributed by atoms with Crippen LogP contribution in [0.4, 0.5) is 4.39 Å². The fraction of sp³-hybridized carbons (Fsp3) is 0.556. The highest BCUT2D eigenvalue weighted by molar-refractivity contribution is 5.64. The summed E-state index contributed by atoms with van der Waals surface area (Å²) in [5.41, 5.74) is 4.47. The number of nitrogens with zero attached hydrogens (tertiary/aromatic N) is 2. The van der Waals surface area contributed by atoms with Crippen LogP contribution in [-0.4, -0.2) is 22.7 Å². The molecule has 0 bridgehead atoms. The van der Waals surface area contributed by atoms with Gasteiger partial charge in [0.15, 0.2) is 5.82 Å². The Hall–Kier alpha value is -2.75. The molecule has 218 valence electrons. The third-order valence-corrected chi connectivity index (χ3v) is 7.67. The van der Waals surface area contributed by atoms with Gasteiger partial charge in [0.1, 0.15) is 18.5 Å². The van der Waals surface area contributed by atoms with Gasteiger partial charge in [0.25, 0.3) is 0 Å². The van der Waals surface area contributed by atoms with Crippen LogP contribution in [0.3, 0.4) is 0 Å². The Morgan fingerprint density at radius 3 is 1.73 bits per heavy atom. The first-order valence-corrected chi connectivity index (χ1v) is 16.0. The van der Waals surface area contributed by atoms with Gasteiger partial charge >= 0.3 is 0 Å². The summed E-state index contributed by atoms with van der Waals surface area (Å²) in [7, 11) is 0. The summed E-state index contributed by atoms with van der Waals surface area (Å²) in [5.74, 6) is 1.35. The van der Waals surface area contributed by atoms with Crippen molar-refractivity contribution in [2.75, 3.05) is 6.61 Å². The van der Waals surface area contributed by atoms with Crippen LogP contribution >= 0.6 is 0 Å². The van der Waals surface area contributed by atoms with E-state index in [-0.39, 0.29) is 6.61 Å². The maximum atomic E-state index is 14.1. The monoisotopic (exact) mass is 546 g/mol. The minimum Gasteiger partial charge on any atom is -0.491 e. The number of ether oxygens (including phenoxy) is 1. The van der Waals surface area contributed by atoms with Gasteiger partial charge in [-0.15, -0.1) is 0 Å². The summed E-state index contributed by atoms with van der Waals surface area (Å²) >= 11 is 0. The third kappa shape index (κ3) is 12.2. The first-order chi connectivity index (χ1) is 19.7. The van der Waals surface area contributed by atoms with Gasteiger partial charge in [-0.1, -0.05) is 122 Å². The first kappa shape index (κ1) is 31.8. The van der Waals surface area contributed by atoms with Crippen LogP contribution < -0.4 is 4.74 Å². The van der Waals surface area contributed by atoms with Gasteiger partial charge in [0, 0.05) is 23.5 Å². The molecular weight excluding hydrogens is 495 g/mol. The number of unbranched alkanes of at least 4 members (excludes halogenated alkanes) is 12. The van der Waals surface area contributed by atoms with E-state index in [0.717, 1.165) is 36.0 Å². The van der Waals surface area contributed by atoms with Gasteiger partial charge in [0.05, 0.1) is 0 Å². The van der Waals surface area contributed by atoms with Gasteiger partial charge in [-0.3, -0.25) is 0 Å². The van der Waals surface area contributed by atoms with E-state index in [1.807, 2.05) is 36.7 Å². The molecule has 2 aromatic carbocycles. The van der Waals surface area contributed by atoms with Crippen molar-refractivity contribution < 1.29 is 9.13 Å². The molecule has 3 nitrogen and oxygen atoms in total. The van der Waals surface area contributed by atoms with Gasteiger partial charge in [-0.05, 0) is 54.7 Å². The zero-order chi connectivity index (χ0) is 28.3. The van der Waals surface area contributed by atoms with E-state index in [9.17, 15) is 4.39 Å². The van der Waals surface area contributed by atoms with Crippen molar-refractivity contribution in [3.05, 3.63) is 66.5 Å². The number of aromatic nitrogens is 2. The molecule has 40 heavy (non-hydrogen) atoms. The number of halogens is 1. The maximum Gasteiger partial charge on any atom is 0.159 e. The molecule has 0 amide bonds. The Kier molecular flexibility index (Phi) is 15.4. The average Bonchev–Trinajstić information content (AvgIpc) is 3.00. The van der Waals surface area contributed by atoms with Crippen LogP contribution in [0.1, 0.15) is 116 Å². The summed E-state index contributed by atoms with van der Waals surface area (Å²) in [5, 5.41) is 0. The minimum atomic E-state index is -0.916. The van der Waals surface area contributed by atoms with Crippen LogP contribution in [0.2, 0.25) is 0 Å². The molecule has 0 aliphatic carbocycles. The van der Waals surface area contributed by atoms with E-state index < -0.39 is 6.17 Å². The molecule has 3 rings (SSSR count). The van der Waals surface area contributed by atoms with Crippen molar-refractivity contribution in [3.8, 4) is 28.3 Å². The molecule has 1 unspecified atom stereocenters. The molecule has 0 radical (unpaired) electrons. The van der Waals surface area contributed by atoms with Gasteiger partial charge in [0.2, 0.25) is 0 Å². The second-order valence-corrected chi connectivity index (χ2v) is 11.2. The third-order valence-electron chi connectivity index (χ3n) is 7.67. The number of alkyl halides is 1. The fourth-order valence-corrected chi connectivity index (χ4v) is 5.07. The first-order valence-electron chi connectivity index (χ1n) is 16.0. The second-order valence-electron chi connectivity index (χ2n) is 11.2. The van der Waals surface area contributed by atoms with Gasteiger partial charge < -0.3 is 4.74 Å². The molecule has 1 aromatic heterocycles. The molecule has 3 aromatic rings. The van der Waals surface area contributed by atoms with Crippen LogP contribution in [0, 0.1) is 0 Å². The van der Waals surface area contributed by atoms with E-state index in [0.29, 0.717) is 18.0 Å². The molecule has 4 heteroatoms. The Bertz CT molecular complexity index is 1030. The Morgan fingerprint density at radius 2 is 1.12 bits per heavy atom. The molecule has 0 fully saturated rings. The van der Waals surface area contributed by atoms with Gasteiger partial charge in [-0.2, -0.15) is 0 Å². The Balaban J connectivity index is 1.37. The average molecular weight is 547 g/mol. The zero-order valence-electron chi connectivity index (χ0n) is 25.1. The summed E-state index contributed by atoms with van der Waals surface area (Å²) in [4.78, 5) is 9.19. The molecule has 0 saturated carbocycles. The second kappa shape index (κ2) is 19.3. The predicted molar refractivity (Wildman–Crippen MR) is 168 cm³/mol. The SMILES string of the molecule is CCCCCCCCCCCCc1ccc(-c2cnc(-c3ccc(OCC(F)CCCCCC)cc3)nc2)cc1. The topological polar surface area (TPSA) is 35.0 Å². The lowest BCUT2D eigenvalue weighted by atomic mass is 10.0. The van der Waals surface area contributed by atoms with Crippen LogP contribution in [0.15, 0.2) is 60.9 Å². The predicted octanol–water partition coefficient (Wildman–Crippen LogP) is 11.0. The highest BCUT2D eigenvalue weighted by Gasteiger charge is 2.09. The van der Waals surface area contributed by atoms with Crippen molar-refractivity contribution in [1.82, 2.24) is 9.97 Å². The lowest BCUT2D eigenvalue weighted by molar-refractivity contribution is 0.184. The Labute approximate surface area is 243 Å². The minimum absolute atomic E-state index is 0.106. The van der Waals surface area contributed by atoms with E-state index in [2.05, 4.69) is 48.1 Å². The van der Waals surface area contributed by atoms with Crippen molar-refractivity contribution in [3.63, 3.8) is 0 Å². The molecule has 0 saturated heterocycles. The van der Waals surface area contributed by atoms with Crippen LogP contribution in [0.25, 0.3) is 22.5 Å². The molecule has 0 N–H and O–H groups in total. The number of rotatable bonds is 21. The highest BCUT2D eigenvalue weighted by Crippen LogP contribution is 2.24. The number of aryl methyl sites for hydroxylation is 1. The van der Waals surface area contributed by atoms with E-state index in [1.54, 1.807) is 0 Å². The van der Waals surface area contributed by atoms with Crippen molar-refractivity contribution in [2.45, 2.75) is 123 Å². The normalized spacial score (nSPS) is 12.0. The number of benzene rings is 2. The summed E-state index contributed by atoms with van der Waals surface area (Å²) in [6.07, 6.45) is 22.6. The Morgan fingerprint density at radius 1 is 0.600 bits per heavy atom. The fourth-order valence-electron chi connectivity index (χ4n) is 5.07. The molecule has 0 aliphatic heterocycles. The lowest BCUT2D eigenvalue weighted by Crippen LogP contribution is -2.12. The molecule has 1 atom stereocenters. The van der Waals surface area contributed by atoms with Crippen LogP contribution in [-0.2, 0) is 6.42 Å². The standard InChI is InChI=1S/C36H51FN2O/c1-3-5-7-9-10-11-12-13-14-15-17-30-19-21-31(22-20-30)33-27-38-36(39-28-33)32-23-25-35(26-24-32)40-29-34(37)18-16-8-6-4-2/h19-28,34H,3-18,29H2,1-2H3. The summed E-state index contributed by atoms with van der Waals surface area (Å²) in [6.45, 7) is 4.55. The number of hydrogen-bond acceptors (Lipinski definition) is 3. The molecular formula is C36H51FN2O. The lowest BCUT2D eigenvalue weighted by Gasteiger charge is -2.11. The van der Waals surface area contributed by atoms with E-state index in [4.69, 9.17) is 4.74 Å².